The molecule has 0 heterocycles. The maximum absolute atomic E-state index is 12.4. The van der Waals surface area contributed by atoms with Gasteiger partial charge in [0.1, 0.15) is 5.75 Å². The summed E-state index contributed by atoms with van der Waals surface area (Å²) >= 11 is 0. The fourth-order valence-electron chi connectivity index (χ4n) is 2.65. The van der Waals surface area contributed by atoms with Crippen molar-refractivity contribution in [1.82, 2.24) is 4.90 Å². The first kappa shape index (κ1) is 19.5. The van der Waals surface area contributed by atoms with E-state index >= 15 is 0 Å². The van der Waals surface area contributed by atoms with Gasteiger partial charge in [0.05, 0.1) is 13.7 Å². The molecule has 0 unspecified atom stereocenters. The van der Waals surface area contributed by atoms with Crippen LogP contribution in [0, 0.1) is 13.8 Å². The van der Waals surface area contributed by atoms with Gasteiger partial charge in [0.15, 0.2) is 0 Å². The van der Waals surface area contributed by atoms with Crippen molar-refractivity contribution in [3.63, 3.8) is 0 Å². The Bertz CT molecular complexity index is 769. The summed E-state index contributed by atoms with van der Waals surface area (Å²) in [6, 6.07) is 13.5. The topological polar surface area (TPSA) is 58.6 Å². The zero-order valence-corrected chi connectivity index (χ0v) is 15.8. The second-order valence-electron chi connectivity index (χ2n) is 6.33. The number of carbonyl (C=O) groups is 2. The fourth-order valence-corrected chi connectivity index (χ4v) is 2.65. The highest BCUT2D eigenvalue weighted by atomic mass is 16.5. The fraction of sp³-hybridized carbons (Fsp3) is 0.333. The molecule has 0 aromatic heterocycles. The lowest BCUT2D eigenvalue weighted by Crippen LogP contribution is -2.38. The standard InChI is InChI=1S/C21H26N2O3/c1-15-6-5-7-20(16(15)2)22-21(25)14-23(17(3)24)13-12-18-8-10-19(26-4)11-9-18/h5-11H,12-14H2,1-4H3,(H,22,25). The molecule has 5 nitrogen and oxygen atoms in total. The van der Waals surface area contributed by atoms with Gasteiger partial charge in [-0.1, -0.05) is 24.3 Å². The van der Waals surface area contributed by atoms with Crippen LogP contribution in [0.15, 0.2) is 42.5 Å². The van der Waals surface area contributed by atoms with Crippen molar-refractivity contribution in [2.75, 3.05) is 25.5 Å². The van der Waals surface area contributed by atoms with Gasteiger partial charge in [-0.3, -0.25) is 9.59 Å². The first-order chi connectivity index (χ1) is 12.4. The molecule has 5 heteroatoms. The van der Waals surface area contributed by atoms with E-state index < -0.39 is 0 Å². The molecular formula is C21H26N2O3. The van der Waals surface area contributed by atoms with Crippen LogP contribution in [0.4, 0.5) is 5.69 Å². The number of nitrogens with one attached hydrogen (secondary N) is 1. The molecule has 0 saturated heterocycles. The van der Waals surface area contributed by atoms with Crippen LogP contribution >= 0.6 is 0 Å². The summed E-state index contributed by atoms with van der Waals surface area (Å²) < 4.78 is 5.14. The lowest BCUT2D eigenvalue weighted by molar-refractivity contribution is -0.132. The van der Waals surface area contributed by atoms with Crippen LogP contribution in [0.1, 0.15) is 23.6 Å². The lowest BCUT2D eigenvalue weighted by Gasteiger charge is -2.21. The minimum absolute atomic E-state index is 0.0405. The monoisotopic (exact) mass is 354 g/mol. The average Bonchev–Trinajstić information content (AvgIpc) is 2.62. The average molecular weight is 354 g/mol. The van der Waals surface area contributed by atoms with Crippen LogP contribution in [0.25, 0.3) is 0 Å². The third kappa shape index (κ3) is 5.34. The van der Waals surface area contributed by atoms with E-state index in [0.29, 0.717) is 13.0 Å². The van der Waals surface area contributed by atoms with Gasteiger partial charge in [0.2, 0.25) is 11.8 Å². The van der Waals surface area contributed by atoms with Crippen LogP contribution in [0.5, 0.6) is 5.75 Å². The number of anilines is 1. The van der Waals surface area contributed by atoms with Crippen LogP contribution < -0.4 is 10.1 Å². The first-order valence-corrected chi connectivity index (χ1v) is 8.65. The number of ether oxygens (including phenoxy) is 1. The summed E-state index contributed by atoms with van der Waals surface area (Å²) in [6.45, 7) is 5.99. The maximum atomic E-state index is 12.4. The number of hydrogen-bond acceptors (Lipinski definition) is 3. The number of amides is 2. The van der Waals surface area contributed by atoms with Crippen molar-refractivity contribution < 1.29 is 14.3 Å². The van der Waals surface area contributed by atoms with Gasteiger partial charge in [-0.15, -0.1) is 0 Å². The summed E-state index contributed by atoms with van der Waals surface area (Å²) in [4.78, 5) is 25.8. The van der Waals surface area contributed by atoms with Crippen molar-refractivity contribution >= 4 is 17.5 Å². The van der Waals surface area contributed by atoms with Crippen molar-refractivity contribution in [2.24, 2.45) is 0 Å². The van der Waals surface area contributed by atoms with E-state index in [1.807, 2.05) is 56.3 Å². The Hall–Kier alpha value is -2.82. The lowest BCUT2D eigenvalue weighted by atomic mass is 10.1. The quantitative estimate of drug-likeness (QED) is 0.830. The molecule has 0 aliphatic carbocycles. The molecule has 1 N–H and O–H groups in total. The molecule has 0 aliphatic rings. The molecule has 0 aliphatic heterocycles. The summed E-state index contributed by atoms with van der Waals surface area (Å²) in [5.41, 5.74) is 4.03. The summed E-state index contributed by atoms with van der Waals surface area (Å²) in [5.74, 6) is 0.489. The van der Waals surface area contributed by atoms with Crippen LogP contribution in [-0.4, -0.2) is 36.9 Å². The molecule has 2 amide bonds. The number of carbonyl (C=O) groups excluding carboxylic acids is 2. The Labute approximate surface area is 155 Å². The van der Waals surface area contributed by atoms with Gasteiger partial charge in [-0.2, -0.15) is 0 Å². The van der Waals surface area contributed by atoms with E-state index in [2.05, 4.69) is 5.32 Å². The molecule has 0 radical (unpaired) electrons. The first-order valence-electron chi connectivity index (χ1n) is 8.65. The number of aryl methyl sites for hydroxylation is 1. The molecule has 0 saturated carbocycles. The minimum Gasteiger partial charge on any atom is -0.497 e. The smallest absolute Gasteiger partial charge is 0.244 e. The van der Waals surface area contributed by atoms with Crippen molar-refractivity contribution in [3.05, 3.63) is 59.2 Å². The largest absolute Gasteiger partial charge is 0.497 e. The molecule has 0 bridgehead atoms. The van der Waals surface area contributed by atoms with E-state index in [9.17, 15) is 9.59 Å². The van der Waals surface area contributed by atoms with Gasteiger partial charge in [0.25, 0.3) is 0 Å². The highest BCUT2D eigenvalue weighted by Gasteiger charge is 2.14. The Morgan fingerprint density at radius 2 is 1.77 bits per heavy atom. The Balaban J connectivity index is 1.95. The third-order valence-corrected chi connectivity index (χ3v) is 4.49. The van der Waals surface area contributed by atoms with Gasteiger partial charge in [0, 0.05) is 19.2 Å². The van der Waals surface area contributed by atoms with Crippen LogP contribution in [0.3, 0.4) is 0 Å². The van der Waals surface area contributed by atoms with E-state index in [0.717, 1.165) is 28.1 Å². The molecule has 2 aromatic rings. The highest BCUT2D eigenvalue weighted by molar-refractivity contribution is 5.95. The number of benzene rings is 2. The van der Waals surface area contributed by atoms with E-state index in [1.54, 1.807) is 12.0 Å². The Morgan fingerprint density at radius 1 is 1.08 bits per heavy atom. The van der Waals surface area contributed by atoms with E-state index in [-0.39, 0.29) is 18.4 Å². The molecule has 138 valence electrons. The summed E-state index contributed by atoms with van der Waals surface area (Å²) in [7, 11) is 1.63. The Kier molecular flexibility index (Phi) is 6.78. The van der Waals surface area contributed by atoms with Crippen molar-refractivity contribution in [1.29, 1.82) is 0 Å². The molecule has 0 fully saturated rings. The second kappa shape index (κ2) is 9.04. The second-order valence-corrected chi connectivity index (χ2v) is 6.33. The minimum atomic E-state index is -0.191. The normalized spacial score (nSPS) is 10.3. The Morgan fingerprint density at radius 3 is 2.38 bits per heavy atom. The summed E-state index contributed by atoms with van der Waals surface area (Å²) in [6.07, 6.45) is 0.681. The number of hydrogen-bond donors (Lipinski definition) is 1. The molecule has 2 aromatic carbocycles. The predicted molar refractivity (Wildman–Crippen MR) is 103 cm³/mol. The van der Waals surface area contributed by atoms with Crippen molar-refractivity contribution in [2.45, 2.75) is 27.2 Å². The maximum Gasteiger partial charge on any atom is 0.244 e. The molecule has 26 heavy (non-hydrogen) atoms. The zero-order valence-electron chi connectivity index (χ0n) is 15.8. The number of rotatable bonds is 7. The van der Waals surface area contributed by atoms with Gasteiger partial charge in [-0.25, -0.2) is 0 Å². The number of methoxy groups -OCH3 is 1. The SMILES string of the molecule is COc1ccc(CCN(CC(=O)Nc2cccc(C)c2C)C(C)=O)cc1. The van der Waals surface area contributed by atoms with E-state index in [4.69, 9.17) is 4.74 Å². The molecule has 0 spiro atoms. The van der Waals surface area contributed by atoms with E-state index in [1.165, 1.54) is 6.92 Å². The molecular weight excluding hydrogens is 328 g/mol. The van der Waals surface area contributed by atoms with Crippen LogP contribution in [-0.2, 0) is 16.0 Å². The van der Waals surface area contributed by atoms with Crippen LogP contribution in [0.2, 0.25) is 0 Å². The zero-order chi connectivity index (χ0) is 19.1. The van der Waals surface area contributed by atoms with Gasteiger partial charge in [-0.05, 0) is 55.2 Å². The third-order valence-electron chi connectivity index (χ3n) is 4.49. The van der Waals surface area contributed by atoms with Gasteiger partial charge < -0.3 is 15.0 Å². The number of nitrogens with zero attached hydrogens (tertiary/aromatic N) is 1. The van der Waals surface area contributed by atoms with Gasteiger partial charge >= 0.3 is 0 Å². The molecule has 0 atom stereocenters. The predicted octanol–water partition coefficient (Wildman–Crippen LogP) is 3.34. The highest BCUT2D eigenvalue weighted by Crippen LogP contribution is 2.18. The van der Waals surface area contributed by atoms with Crippen molar-refractivity contribution in [3.8, 4) is 5.75 Å². The molecule has 2 rings (SSSR count). The summed E-state index contributed by atoms with van der Waals surface area (Å²) in [5, 5.41) is 2.90.